The van der Waals surface area contributed by atoms with Crippen LogP contribution in [0.5, 0.6) is 0 Å². The first kappa shape index (κ1) is 37.7. The molecule has 266 valence electrons. The maximum atomic E-state index is 12.2. The molecule has 1 saturated heterocycles. The van der Waals surface area contributed by atoms with Gasteiger partial charge in [-0.15, -0.1) is 6.58 Å². The number of carbonyl (C=O) groups excluding carboxylic acids is 2. The van der Waals surface area contributed by atoms with Gasteiger partial charge in [0.1, 0.15) is 24.4 Å². The molecule has 0 aromatic rings. The lowest BCUT2D eigenvalue weighted by Gasteiger charge is -2.47. The Balaban J connectivity index is 1.81. The second-order valence-corrected chi connectivity index (χ2v) is 14.5. The van der Waals surface area contributed by atoms with E-state index in [1.54, 1.807) is 19.9 Å². The SMILES string of the molecule is C=CC(C)(C)OC[C@H]1O[C@H](O[C@@H]2C3=C([C@H](C)COC(C)=O)C[C@H](O)[C@]3(C)C=C3[C@@H](CO)CC[C@H]3[C@@H](C)[C@H]2O)[C@H](O)[C@@H](OC(C)=O)[C@@H]1O. The molecule has 3 aliphatic carbocycles. The molecule has 0 bridgehead atoms. The Morgan fingerprint density at radius 3 is 2.40 bits per heavy atom. The largest absolute Gasteiger partial charge is 0.465 e. The van der Waals surface area contributed by atoms with Crippen LogP contribution in [0.25, 0.3) is 0 Å². The summed E-state index contributed by atoms with van der Waals surface area (Å²) in [6.45, 7) is 15.3. The Bertz CT molecular complexity index is 1230. The molecule has 1 heterocycles. The highest BCUT2D eigenvalue weighted by molar-refractivity contribution is 5.66. The standard InChI is InChI=1S/C35H54O12/c1-9-34(6,7)44-16-25-29(41)32(45-20(5)38)30(42)33(46-25)47-31-27-23(17(2)15-43-19(4)37)12-26(39)35(27,8)13-24-21(14-36)10-11-22(24)18(3)28(31)40/h9,13,17-18,21-22,25-26,28-33,36,39-42H,1,10-12,14-16H2,2-8H3/t17-,18-,21-,22+,25-,26+,28-,29-,30-,31-,32+,33-,35+/m1/s1. The molecule has 5 N–H and O–H groups in total. The van der Waals surface area contributed by atoms with Crippen molar-refractivity contribution in [3.8, 4) is 0 Å². The van der Waals surface area contributed by atoms with Crippen molar-refractivity contribution < 1.29 is 58.8 Å². The fraction of sp³-hybridized carbons (Fsp3) is 0.771. The van der Waals surface area contributed by atoms with Gasteiger partial charge in [-0.25, -0.2) is 0 Å². The minimum atomic E-state index is -1.65. The van der Waals surface area contributed by atoms with Gasteiger partial charge in [-0.1, -0.05) is 37.1 Å². The second-order valence-electron chi connectivity index (χ2n) is 14.5. The third-order valence-corrected chi connectivity index (χ3v) is 10.7. The molecule has 1 saturated carbocycles. The van der Waals surface area contributed by atoms with Crippen LogP contribution in [0, 0.1) is 29.1 Å². The number of aliphatic hydroxyl groups is 5. The molecule has 12 nitrogen and oxygen atoms in total. The van der Waals surface area contributed by atoms with E-state index in [0.717, 1.165) is 30.9 Å². The van der Waals surface area contributed by atoms with Crippen LogP contribution in [0.3, 0.4) is 0 Å². The van der Waals surface area contributed by atoms with Gasteiger partial charge in [0.25, 0.3) is 0 Å². The zero-order chi connectivity index (χ0) is 35.0. The number of hydrogen-bond acceptors (Lipinski definition) is 12. The van der Waals surface area contributed by atoms with Crippen molar-refractivity contribution in [3.05, 3.63) is 35.5 Å². The van der Waals surface area contributed by atoms with E-state index in [4.69, 9.17) is 23.7 Å². The number of hydrogen-bond donors (Lipinski definition) is 5. The summed E-state index contributed by atoms with van der Waals surface area (Å²) in [4.78, 5) is 23.8. The van der Waals surface area contributed by atoms with E-state index in [9.17, 15) is 35.1 Å². The predicted octanol–water partition coefficient (Wildman–Crippen LogP) is 1.95. The number of carbonyl (C=O) groups is 2. The first-order valence-electron chi connectivity index (χ1n) is 16.6. The van der Waals surface area contributed by atoms with Gasteiger partial charge in [-0.3, -0.25) is 9.59 Å². The minimum absolute atomic E-state index is 0.0373. The zero-order valence-corrected chi connectivity index (χ0v) is 28.6. The lowest BCUT2D eigenvalue weighted by molar-refractivity contribution is -0.320. The Labute approximate surface area is 277 Å². The third kappa shape index (κ3) is 7.70. The van der Waals surface area contributed by atoms with Crippen LogP contribution >= 0.6 is 0 Å². The number of rotatable bonds is 11. The van der Waals surface area contributed by atoms with Crippen LogP contribution in [-0.4, -0.2) is 112 Å². The minimum Gasteiger partial charge on any atom is -0.465 e. The summed E-state index contributed by atoms with van der Waals surface area (Å²) in [6, 6.07) is 0. The topological polar surface area (TPSA) is 181 Å². The van der Waals surface area contributed by atoms with Gasteiger partial charge < -0.3 is 49.2 Å². The van der Waals surface area contributed by atoms with Crippen LogP contribution in [-0.2, 0) is 33.3 Å². The van der Waals surface area contributed by atoms with Gasteiger partial charge in [-0.2, -0.15) is 0 Å². The quantitative estimate of drug-likeness (QED) is 0.160. The van der Waals surface area contributed by atoms with Gasteiger partial charge in [0.2, 0.25) is 0 Å². The summed E-state index contributed by atoms with van der Waals surface area (Å²) in [5, 5.41) is 56.7. The molecule has 4 rings (SSSR count). The van der Waals surface area contributed by atoms with Gasteiger partial charge in [0.15, 0.2) is 12.4 Å². The molecule has 0 spiro atoms. The zero-order valence-electron chi connectivity index (χ0n) is 28.6. The van der Waals surface area contributed by atoms with Gasteiger partial charge in [0.05, 0.1) is 31.0 Å². The molecule has 1 aliphatic heterocycles. The highest BCUT2D eigenvalue weighted by atomic mass is 16.7. The van der Waals surface area contributed by atoms with Crippen LogP contribution in [0.2, 0.25) is 0 Å². The smallest absolute Gasteiger partial charge is 0.303 e. The Morgan fingerprint density at radius 1 is 1.13 bits per heavy atom. The molecular weight excluding hydrogens is 612 g/mol. The van der Waals surface area contributed by atoms with Gasteiger partial charge in [0, 0.05) is 37.7 Å². The number of ether oxygens (including phenoxy) is 5. The molecule has 13 atom stereocenters. The Morgan fingerprint density at radius 2 is 1.81 bits per heavy atom. The van der Waals surface area contributed by atoms with Crippen molar-refractivity contribution in [2.45, 2.75) is 122 Å². The van der Waals surface area contributed by atoms with Crippen LogP contribution in [0.15, 0.2) is 35.5 Å². The fourth-order valence-corrected chi connectivity index (χ4v) is 7.70. The maximum Gasteiger partial charge on any atom is 0.303 e. The molecule has 47 heavy (non-hydrogen) atoms. The predicted molar refractivity (Wildman–Crippen MR) is 169 cm³/mol. The Kier molecular flexibility index (Phi) is 11.8. The first-order valence-corrected chi connectivity index (χ1v) is 16.6. The number of fused-ring (bicyclic) bond motifs is 2. The molecule has 12 heteroatoms. The normalized spacial score (nSPS) is 39.7. The molecule has 0 aromatic heterocycles. The molecule has 0 radical (unpaired) electrons. The van der Waals surface area contributed by atoms with E-state index in [1.807, 2.05) is 26.8 Å². The van der Waals surface area contributed by atoms with E-state index < -0.39 is 72.0 Å². The van der Waals surface area contributed by atoms with Gasteiger partial charge in [-0.05, 0) is 57.4 Å². The van der Waals surface area contributed by atoms with Crippen molar-refractivity contribution in [1.29, 1.82) is 0 Å². The van der Waals surface area contributed by atoms with Gasteiger partial charge >= 0.3 is 11.9 Å². The highest BCUT2D eigenvalue weighted by Crippen LogP contribution is 2.55. The van der Waals surface area contributed by atoms with E-state index in [-0.39, 0.29) is 49.9 Å². The van der Waals surface area contributed by atoms with E-state index >= 15 is 0 Å². The summed E-state index contributed by atoms with van der Waals surface area (Å²) in [5.41, 5.74) is 0.460. The third-order valence-electron chi connectivity index (χ3n) is 10.7. The maximum absolute atomic E-state index is 12.2. The van der Waals surface area contributed by atoms with E-state index in [1.165, 1.54) is 6.92 Å². The highest BCUT2D eigenvalue weighted by Gasteiger charge is 2.56. The van der Waals surface area contributed by atoms with E-state index in [0.29, 0.717) is 5.57 Å². The van der Waals surface area contributed by atoms with Crippen molar-refractivity contribution in [3.63, 3.8) is 0 Å². The summed E-state index contributed by atoms with van der Waals surface area (Å²) in [7, 11) is 0. The summed E-state index contributed by atoms with van der Waals surface area (Å²) in [6.07, 6.45) is -5.09. The molecular formula is C35H54O12. The summed E-state index contributed by atoms with van der Waals surface area (Å²) < 4.78 is 29.3. The summed E-state index contributed by atoms with van der Waals surface area (Å²) >= 11 is 0. The first-order chi connectivity index (χ1) is 21.9. The van der Waals surface area contributed by atoms with Crippen molar-refractivity contribution in [1.82, 2.24) is 0 Å². The Hall–Kier alpha value is -2.16. The average molecular weight is 667 g/mol. The molecule has 0 unspecified atom stereocenters. The van der Waals surface area contributed by atoms with Crippen molar-refractivity contribution in [2.75, 3.05) is 19.8 Å². The number of esters is 2. The molecule has 0 amide bonds. The number of aliphatic hydroxyl groups excluding tert-OH is 5. The average Bonchev–Trinajstić information content (AvgIpc) is 3.52. The summed E-state index contributed by atoms with van der Waals surface area (Å²) in [5.74, 6) is -2.13. The van der Waals surface area contributed by atoms with E-state index in [2.05, 4.69) is 6.58 Å². The monoisotopic (exact) mass is 666 g/mol. The van der Waals surface area contributed by atoms with Crippen LogP contribution in [0.4, 0.5) is 0 Å². The van der Waals surface area contributed by atoms with Crippen LogP contribution in [0.1, 0.15) is 67.7 Å². The van der Waals surface area contributed by atoms with Crippen molar-refractivity contribution in [2.24, 2.45) is 29.1 Å². The molecule has 0 aromatic carbocycles. The van der Waals surface area contributed by atoms with Crippen LogP contribution < -0.4 is 0 Å². The van der Waals surface area contributed by atoms with Crippen molar-refractivity contribution >= 4 is 11.9 Å². The molecule has 2 fully saturated rings. The lowest BCUT2D eigenvalue weighted by atomic mass is 9.68. The molecule has 4 aliphatic rings. The second kappa shape index (κ2) is 14.8. The fourth-order valence-electron chi connectivity index (χ4n) is 7.70. The lowest BCUT2D eigenvalue weighted by Crippen LogP contribution is -2.62.